The van der Waals surface area contributed by atoms with Crippen LogP contribution in [0.2, 0.25) is 5.02 Å². The number of carbonyl (C=O) groups excluding carboxylic acids is 1. The summed E-state index contributed by atoms with van der Waals surface area (Å²) < 4.78 is 12.6. The van der Waals surface area contributed by atoms with E-state index >= 15 is 0 Å². The maximum atomic E-state index is 12.6. The van der Waals surface area contributed by atoms with Gasteiger partial charge in [0.25, 0.3) is 0 Å². The largest absolute Gasteiger partial charge is 0.490 e. The molecule has 32 heavy (non-hydrogen) atoms. The predicted octanol–water partition coefficient (Wildman–Crippen LogP) is 6.36. The summed E-state index contributed by atoms with van der Waals surface area (Å²) in [6.45, 7) is 4.97. The van der Waals surface area contributed by atoms with Crippen LogP contribution in [0.1, 0.15) is 50.7 Å². The molecule has 0 bridgehead atoms. The molecule has 2 aliphatic carbocycles. The van der Waals surface area contributed by atoms with Gasteiger partial charge in [0.05, 0.1) is 17.3 Å². The number of nitrogens with zero attached hydrogens (tertiary/aromatic N) is 1. The molecule has 1 amide bonds. The molecule has 0 radical (unpaired) electrons. The van der Waals surface area contributed by atoms with Crippen molar-refractivity contribution in [2.45, 2.75) is 46.1 Å². The van der Waals surface area contributed by atoms with Gasteiger partial charge in [0.15, 0.2) is 11.5 Å². The average molecular weight is 520 g/mol. The number of fused-ring (bicyclic) bond motifs is 1. The van der Waals surface area contributed by atoms with Crippen molar-refractivity contribution < 1.29 is 14.3 Å². The van der Waals surface area contributed by atoms with Crippen LogP contribution in [-0.4, -0.2) is 18.7 Å². The highest BCUT2D eigenvalue weighted by molar-refractivity contribution is 9.10. The molecule has 4 rings (SSSR count). The van der Waals surface area contributed by atoms with Crippen molar-refractivity contribution in [3.8, 4) is 11.5 Å². The molecule has 170 valence electrons. The van der Waals surface area contributed by atoms with E-state index in [0.29, 0.717) is 35.7 Å². The van der Waals surface area contributed by atoms with E-state index in [2.05, 4.69) is 33.4 Å². The Hall–Kier alpha value is -2.05. The van der Waals surface area contributed by atoms with Crippen LogP contribution in [0.5, 0.6) is 11.5 Å². The monoisotopic (exact) mass is 518 g/mol. The number of halogens is 2. The second-order valence-electron chi connectivity index (χ2n) is 8.71. The molecule has 2 aromatic carbocycles. The lowest BCUT2D eigenvalue weighted by Crippen LogP contribution is -2.22. The zero-order chi connectivity index (χ0) is 22.7. The number of ether oxygens (including phenoxy) is 2. The van der Waals surface area contributed by atoms with Gasteiger partial charge in [-0.05, 0) is 70.8 Å². The molecule has 0 unspecified atom stereocenters. The number of carbonyl (C=O) groups is 1. The van der Waals surface area contributed by atoms with Gasteiger partial charge in [0, 0.05) is 16.5 Å². The van der Waals surface area contributed by atoms with Gasteiger partial charge >= 0.3 is 0 Å². The van der Waals surface area contributed by atoms with Gasteiger partial charge in [-0.1, -0.05) is 49.6 Å². The molecule has 0 heterocycles. The van der Waals surface area contributed by atoms with E-state index in [0.717, 1.165) is 28.4 Å². The molecule has 5 nitrogen and oxygen atoms in total. The van der Waals surface area contributed by atoms with E-state index in [-0.39, 0.29) is 17.2 Å². The Balaban J connectivity index is 1.43. The molecule has 0 aromatic heterocycles. The smallest absolute Gasteiger partial charge is 0.244 e. The van der Waals surface area contributed by atoms with Crippen molar-refractivity contribution >= 4 is 39.7 Å². The Morgan fingerprint density at radius 1 is 1.31 bits per heavy atom. The first-order chi connectivity index (χ1) is 15.4. The standard InChI is InChI=1S/C25H28BrClN2O3/c1-3-31-21-13-16(12-19(26)23(21)32-15-17-8-4-5-10-20(17)27)14-28-29-24(30)22-18-9-6-7-11-25(18,22)2/h4-5,8,10,12-14,18,22H,3,6-7,9,11,15H2,1-2H3,(H,29,30)/b28-14-/t18-,22-,25+/m0/s1. The van der Waals surface area contributed by atoms with Crippen molar-refractivity contribution in [1.29, 1.82) is 0 Å². The molecular weight excluding hydrogens is 492 g/mol. The quantitative estimate of drug-likeness (QED) is 0.326. The third-order valence-electron chi connectivity index (χ3n) is 6.66. The predicted molar refractivity (Wildman–Crippen MR) is 130 cm³/mol. The Labute approximate surface area is 202 Å². The summed E-state index contributed by atoms with van der Waals surface area (Å²) >= 11 is 9.82. The maximum Gasteiger partial charge on any atom is 0.244 e. The third kappa shape index (κ3) is 4.81. The lowest BCUT2D eigenvalue weighted by atomic mass is 9.90. The van der Waals surface area contributed by atoms with Crippen molar-refractivity contribution in [3.63, 3.8) is 0 Å². The van der Waals surface area contributed by atoms with Crippen LogP contribution in [0.4, 0.5) is 0 Å². The number of hydrogen-bond acceptors (Lipinski definition) is 4. The summed E-state index contributed by atoms with van der Waals surface area (Å²) in [6, 6.07) is 11.3. The van der Waals surface area contributed by atoms with E-state index in [4.69, 9.17) is 21.1 Å². The number of hydrogen-bond donors (Lipinski definition) is 1. The lowest BCUT2D eigenvalue weighted by molar-refractivity contribution is -0.123. The molecule has 2 saturated carbocycles. The van der Waals surface area contributed by atoms with E-state index in [1.165, 1.54) is 12.8 Å². The van der Waals surface area contributed by atoms with Gasteiger partial charge in [-0.25, -0.2) is 5.43 Å². The molecule has 7 heteroatoms. The minimum atomic E-state index is 0.0273. The second-order valence-corrected chi connectivity index (χ2v) is 9.97. The maximum absolute atomic E-state index is 12.6. The highest BCUT2D eigenvalue weighted by atomic mass is 79.9. The highest BCUT2D eigenvalue weighted by Crippen LogP contribution is 2.66. The third-order valence-corrected chi connectivity index (χ3v) is 7.62. The second kappa shape index (κ2) is 9.84. The van der Waals surface area contributed by atoms with Crippen LogP contribution in [0.25, 0.3) is 0 Å². The number of nitrogens with one attached hydrogen (secondary N) is 1. The number of amides is 1. The molecule has 2 aromatic rings. The molecule has 2 fully saturated rings. The van der Waals surface area contributed by atoms with Crippen LogP contribution in [0.15, 0.2) is 46.0 Å². The summed E-state index contributed by atoms with van der Waals surface area (Å²) in [4.78, 5) is 12.6. The fourth-order valence-electron chi connectivity index (χ4n) is 4.92. The Morgan fingerprint density at radius 3 is 2.84 bits per heavy atom. The normalized spacial score (nSPS) is 24.1. The molecule has 0 spiro atoms. The molecule has 1 N–H and O–H groups in total. The van der Waals surface area contributed by atoms with Crippen LogP contribution >= 0.6 is 27.5 Å². The van der Waals surface area contributed by atoms with Crippen molar-refractivity contribution in [2.24, 2.45) is 22.4 Å². The molecule has 2 aliphatic rings. The fourth-order valence-corrected chi connectivity index (χ4v) is 5.69. The summed E-state index contributed by atoms with van der Waals surface area (Å²) in [5.41, 5.74) is 4.60. The minimum Gasteiger partial charge on any atom is -0.490 e. The summed E-state index contributed by atoms with van der Waals surface area (Å²) in [5.74, 6) is 1.83. The van der Waals surface area contributed by atoms with Gasteiger partial charge in [-0.2, -0.15) is 5.10 Å². The molecule has 3 atom stereocenters. The molecule has 0 aliphatic heterocycles. The number of benzene rings is 2. The Kier molecular flexibility index (Phi) is 7.11. The van der Waals surface area contributed by atoms with Gasteiger partial charge in [-0.3, -0.25) is 4.79 Å². The first-order valence-corrected chi connectivity index (χ1v) is 12.3. The SMILES string of the molecule is CCOc1cc(/C=N\NC(=O)[C@@H]2[C@@H]3CCCC[C@@]23C)cc(Br)c1OCc1ccccc1Cl. The fraction of sp³-hybridized carbons (Fsp3) is 0.440. The van der Waals surface area contributed by atoms with E-state index in [1.54, 1.807) is 6.21 Å². The van der Waals surface area contributed by atoms with Crippen LogP contribution in [0.3, 0.4) is 0 Å². The highest BCUT2D eigenvalue weighted by Gasteiger charge is 2.64. The van der Waals surface area contributed by atoms with E-state index in [1.807, 2.05) is 43.3 Å². The summed E-state index contributed by atoms with van der Waals surface area (Å²) in [5, 5.41) is 4.87. The zero-order valence-corrected chi connectivity index (χ0v) is 20.7. The van der Waals surface area contributed by atoms with Gasteiger partial charge < -0.3 is 9.47 Å². The van der Waals surface area contributed by atoms with Crippen LogP contribution in [-0.2, 0) is 11.4 Å². The number of hydrazone groups is 1. The topological polar surface area (TPSA) is 59.9 Å². The first-order valence-electron chi connectivity index (χ1n) is 11.1. The lowest BCUT2D eigenvalue weighted by Gasteiger charge is -2.15. The van der Waals surface area contributed by atoms with Crippen LogP contribution in [0, 0.1) is 17.3 Å². The van der Waals surface area contributed by atoms with Gasteiger partial charge in [-0.15, -0.1) is 0 Å². The first kappa shape index (κ1) is 23.1. The molecule has 0 saturated heterocycles. The van der Waals surface area contributed by atoms with Crippen molar-refractivity contribution in [1.82, 2.24) is 5.43 Å². The Morgan fingerprint density at radius 2 is 2.12 bits per heavy atom. The minimum absolute atomic E-state index is 0.0273. The van der Waals surface area contributed by atoms with Gasteiger partial charge in [0.1, 0.15) is 6.61 Å². The van der Waals surface area contributed by atoms with Crippen LogP contribution < -0.4 is 14.9 Å². The van der Waals surface area contributed by atoms with E-state index in [9.17, 15) is 4.79 Å². The van der Waals surface area contributed by atoms with E-state index < -0.39 is 0 Å². The zero-order valence-electron chi connectivity index (χ0n) is 18.4. The Bertz CT molecular complexity index is 1030. The summed E-state index contributed by atoms with van der Waals surface area (Å²) in [6.07, 6.45) is 6.38. The van der Waals surface area contributed by atoms with Gasteiger partial charge in [0.2, 0.25) is 5.91 Å². The number of rotatable bonds is 8. The molecular formula is C25H28BrClN2O3. The summed E-state index contributed by atoms with van der Waals surface area (Å²) in [7, 11) is 0. The average Bonchev–Trinajstić information content (AvgIpc) is 3.40. The van der Waals surface area contributed by atoms with Crippen molar-refractivity contribution in [2.75, 3.05) is 6.61 Å². The van der Waals surface area contributed by atoms with Crippen molar-refractivity contribution in [3.05, 3.63) is 57.0 Å².